The van der Waals surface area contributed by atoms with Gasteiger partial charge in [0.05, 0.1) is 9.58 Å². The number of carbonyl (C=O) groups is 2. The van der Waals surface area contributed by atoms with E-state index in [1.165, 1.54) is 11.3 Å². The predicted molar refractivity (Wildman–Crippen MR) is 93.0 cm³/mol. The van der Waals surface area contributed by atoms with Crippen molar-refractivity contribution in [2.24, 2.45) is 0 Å². The Morgan fingerprint density at radius 3 is 2.87 bits per heavy atom. The van der Waals surface area contributed by atoms with Crippen LogP contribution >= 0.6 is 11.3 Å². The van der Waals surface area contributed by atoms with Crippen LogP contribution in [0.1, 0.15) is 48.8 Å². The summed E-state index contributed by atoms with van der Waals surface area (Å²) < 4.78 is 3.31. The fraction of sp³-hybridized carbons (Fsp3) is 0.529. The molecule has 0 radical (unpaired) electrons. The van der Waals surface area contributed by atoms with E-state index in [0.717, 1.165) is 40.9 Å². The van der Waals surface area contributed by atoms with Gasteiger partial charge in [-0.15, -0.1) is 11.3 Å². The van der Waals surface area contributed by atoms with Crippen molar-refractivity contribution in [1.29, 1.82) is 0 Å². The first kappa shape index (κ1) is 16.1. The Morgan fingerprint density at radius 1 is 1.39 bits per heavy atom. The highest BCUT2D eigenvalue weighted by Crippen LogP contribution is 2.27. The molecule has 0 saturated carbocycles. The molecule has 1 fully saturated rings. The van der Waals surface area contributed by atoms with E-state index in [0.29, 0.717) is 19.0 Å². The molecule has 0 unspecified atom stereocenters. The molecule has 1 N–H and O–H groups in total. The van der Waals surface area contributed by atoms with E-state index in [1.807, 2.05) is 11.0 Å². The van der Waals surface area contributed by atoms with Gasteiger partial charge in [-0.1, -0.05) is 0 Å². The minimum atomic E-state index is -0.0185. The average Bonchev–Trinajstić information content (AvgIpc) is 3.17. The molecule has 2 amide bonds. The zero-order valence-corrected chi connectivity index (χ0v) is 14.5. The molecule has 0 spiro atoms. The maximum atomic E-state index is 12.2. The van der Waals surface area contributed by atoms with Gasteiger partial charge in [0, 0.05) is 49.9 Å². The Bertz CT molecular complexity index is 685. The van der Waals surface area contributed by atoms with E-state index in [-0.39, 0.29) is 11.8 Å². The summed E-state index contributed by atoms with van der Waals surface area (Å²) in [7, 11) is 0. The summed E-state index contributed by atoms with van der Waals surface area (Å²) >= 11 is 1.53. The molecule has 3 rings (SSSR count). The van der Waals surface area contributed by atoms with Gasteiger partial charge in [0.2, 0.25) is 5.91 Å². The van der Waals surface area contributed by atoms with Gasteiger partial charge < -0.3 is 14.8 Å². The summed E-state index contributed by atoms with van der Waals surface area (Å²) in [5.74, 6) is 0.224. The number of fused-ring (bicyclic) bond motifs is 1. The number of amides is 2. The van der Waals surface area contributed by atoms with E-state index in [1.54, 1.807) is 0 Å². The minimum Gasteiger partial charge on any atom is -0.351 e. The maximum Gasteiger partial charge on any atom is 0.261 e. The van der Waals surface area contributed by atoms with Crippen LogP contribution in [-0.4, -0.2) is 40.9 Å². The van der Waals surface area contributed by atoms with Gasteiger partial charge in [-0.2, -0.15) is 0 Å². The molecule has 2 aromatic heterocycles. The highest BCUT2D eigenvalue weighted by atomic mass is 32.1. The third-order valence-corrected chi connectivity index (χ3v) is 5.31. The molecule has 3 heterocycles. The lowest BCUT2D eigenvalue weighted by atomic mass is 10.3. The molecule has 1 saturated heterocycles. The number of carbonyl (C=O) groups excluding carboxylic acids is 2. The Morgan fingerprint density at radius 2 is 2.22 bits per heavy atom. The fourth-order valence-electron chi connectivity index (χ4n) is 2.86. The van der Waals surface area contributed by atoms with Crippen LogP contribution in [0.15, 0.2) is 18.5 Å². The van der Waals surface area contributed by atoms with Gasteiger partial charge in [-0.25, -0.2) is 0 Å². The summed E-state index contributed by atoms with van der Waals surface area (Å²) in [5, 5.41) is 4.07. The van der Waals surface area contributed by atoms with Crippen LogP contribution in [0, 0.1) is 0 Å². The number of nitrogens with one attached hydrogen (secondary N) is 1. The van der Waals surface area contributed by atoms with Gasteiger partial charge in [-0.05, 0) is 32.8 Å². The molecule has 1 aliphatic rings. The van der Waals surface area contributed by atoms with E-state index in [9.17, 15) is 9.59 Å². The summed E-state index contributed by atoms with van der Waals surface area (Å²) in [6, 6.07) is 2.39. The molecule has 2 aromatic rings. The van der Waals surface area contributed by atoms with Gasteiger partial charge in [-0.3, -0.25) is 9.59 Å². The van der Waals surface area contributed by atoms with Gasteiger partial charge >= 0.3 is 0 Å². The zero-order chi connectivity index (χ0) is 16.4. The maximum absolute atomic E-state index is 12.2. The first-order valence-electron chi connectivity index (χ1n) is 8.21. The largest absolute Gasteiger partial charge is 0.351 e. The van der Waals surface area contributed by atoms with Crippen molar-refractivity contribution in [2.75, 3.05) is 19.6 Å². The van der Waals surface area contributed by atoms with Crippen LogP contribution < -0.4 is 5.32 Å². The third kappa shape index (κ3) is 3.58. The van der Waals surface area contributed by atoms with Crippen LogP contribution in [0.25, 0.3) is 10.1 Å². The molecule has 23 heavy (non-hydrogen) atoms. The quantitative estimate of drug-likeness (QED) is 0.826. The van der Waals surface area contributed by atoms with E-state index in [2.05, 4.69) is 36.1 Å². The Hall–Kier alpha value is -1.82. The van der Waals surface area contributed by atoms with Crippen LogP contribution in [0.4, 0.5) is 0 Å². The Balaban J connectivity index is 1.50. The molecule has 0 bridgehead atoms. The smallest absolute Gasteiger partial charge is 0.261 e. The number of rotatable bonds is 6. The number of thiophene rings is 1. The van der Waals surface area contributed by atoms with Crippen molar-refractivity contribution in [3.63, 3.8) is 0 Å². The highest BCUT2D eigenvalue weighted by molar-refractivity contribution is 7.20. The molecule has 6 heteroatoms. The monoisotopic (exact) mass is 333 g/mol. The lowest BCUT2D eigenvalue weighted by Gasteiger charge is -2.15. The van der Waals surface area contributed by atoms with Crippen molar-refractivity contribution in [1.82, 2.24) is 14.8 Å². The van der Waals surface area contributed by atoms with Crippen LogP contribution in [-0.2, 0) is 4.79 Å². The highest BCUT2D eigenvalue weighted by Gasteiger charge is 2.19. The van der Waals surface area contributed by atoms with E-state index < -0.39 is 0 Å². The number of hydrogen-bond acceptors (Lipinski definition) is 3. The normalized spacial score (nSPS) is 15.1. The molecule has 5 nitrogen and oxygen atoms in total. The number of hydrogen-bond donors (Lipinski definition) is 1. The predicted octanol–water partition coefficient (Wildman–Crippen LogP) is 3.03. The third-order valence-electron chi connectivity index (χ3n) is 4.23. The summed E-state index contributed by atoms with van der Waals surface area (Å²) in [6.45, 7) is 6.49. The second kappa shape index (κ2) is 6.74. The fourth-order valence-corrected chi connectivity index (χ4v) is 3.86. The molecular weight excluding hydrogens is 310 g/mol. The molecule has 0 aromatic carbocycles. The SMILES string of the molecule is CC(C)n1cc2cc(C(=O)NCCCN3CCCC3=O)sc2c1. The second-order valence-corrected chi connectivity index (χ2v) is 7.41. The topological polar surface area (TPSA) is 54.3 Å². The molecular formula is C17H23N3O2S. The van der Waals surface area contributed by atoms with Crippen molar-refractivity contribution in [3.8, 4) is 0 Å². The van der Waals surface area contributed by atoms with Gasteiger partial charge in [0.25, 0.3) is 5.91 Å². The first-order chi connectivity index (χ1) is 11.0. The van der Waals surface area contributed by atoms with Crippen molar-refractivity contribution in [2.45, 2.75) is 39.2 Å². The van der Waals surface area contributed by atoms with Crippen molar-refractivity contribution in [3.05, 3.63) is 23.3 Å². The molecule has 1 aliphatic heterocycles. The molecule has 124 valence electrons. The first-order valence-corrected chi connectivity index (χ1v) is 9.03. The van der Waals surface area contributed by atoms with Crippen LogP contribution in [0.5, 0.6) is 0 Å². The lowest BCUT2D eigenvalue weighted by molar-refractivity contribution is -0.127. The number of likely N-dealkylation sites (tertiary alicyclic amines) is 1. The Labute approximate surface area is 140 Å². The number of aromatic nitrogens is 1. The van der Waals surface area contributed by atoms with E-state index in [4.69, 9.17) is 0 Å². The van der Waals surface area contributed by atoms with Gasteiger partial charge in [0.1, 0.15) is 0 Å². The summed E-state index contributed by atoms with van der Waals surface area (Å²) in [5.41, 5.74) is 0. The second-order valence-electron chi connectivity index (χ2n) is 6.32. The molecule has 0 aliphatic carbocycles. The summed E-state index contributed by atoms with van der Waals surface area (Å²) in [4.78, 5) is 26.3. The minimum absolute atomic E-state index is 0.0185. The van der Waals surface area contributed by atoms with Crippen molar-refractivity contribution < 1.29 is 9.59 Å². The van der Waals surface area contributed by atoms with E-state index >= 15 is 0 Å². The number of nitrogens with zero attached hydrogens (tertiary/aromatic N) is 2. The Kier molecular flexibility index (Phi) is 4.71. The van der Waals surface area contributed by atoms with Crippen molar-refractivity contribution >= 4 is 33.2 Å². The zero-order valence-electron chi connectivity index (χ0n) is 13.7. The lowest BCUT2D eigenvalue weighted by Crippen LogP contribution is -2.30. The standard InChI is InChI=1S/C17H23N3O2S/c1-12(2)20-10-13-9-14(23-15(13)11-20)17(22)18-6-4-8-19-7-3-5-16(19)21/h9-12H,3-8H2,1-2H3,(H,18,22). The van der Waals surface area contributed by atoms with Crippen LogP contribution in [0.3, 0.4) is 0 Å². The van der Waals surface area contributed by atoms with Gasteiger partial charge in [0.15, 0.2) is 0 Å². The molecule has 0 atom stereocenters. The summed E-state index contributed by atoms with van der Waals surface area (Å²) in [6.07, 6.45) is 6.63. The average molecular weight is 333 g/mol. The van der Waals surface area contributed by atoms with Crippen LogP contribution in [0.2, 0.25) is 0 Å².